The zero-order valence-corrected chi connectivity index (χ0v) is 8.10. The molecule has 1 aliphatic heterocycles. The van der Waals surface area contributed by atoms with Gasteiger partial charge in [0.15, 0.2) is 0 Å². The number of hydroxylamine groups is 2. The van der Waals surface area contributed by atoms with E-state index in [-0.39, 0.29) is 5.91 Å². The zero-order chi connectivity index (χ0) is 10.8. The average molecular weight is 200 g/mol. The molecule has 0 bridgehead atoms. The molecule has 1 heterocycles. The third-order valence-electron chi connectivity index (χ3n) is 2.22. The van der Waals surface area contributed by atoms with Crippen LogP contribution in [0.1, 0.15) is 15.9 Å². The Balaban J connectivity index is 2.62. The summed E-state index contributed by atoms with van der Waals surface area (Å²) in [6.07, 6.45) is 1.30. The van der Waals surface area contributed by atoms with Crippen LogP contribution in [0, 0.1) is 11.3 Å². The van der Waals surface area contributed by atoms with Crippen LogP contribution in [0.5, 0.6) is 0 Å². The first-order valence-electron chi connectivity index (χ1n) is 4.37. The number of allylic oxidation sites excluding steroid dienone is 1. The van der Waals surface area contributed by atoms with Crippen LogP contribution in [0.25, 0.3) is 5.70 Å². The number of hydrogen-bond acceptors (Lipinski definition) is 3. The Bertz CT molecular complexity index is 486. The van der Waals surface area contributed by atoms with Gasteiger partial charge in [0.05, 0.1) is 24.4 Å². The molecule has 15 heavy (non-hydrogen) atoms. The molecule has 0 radical (unpaired) electrons. The number of nitriles is 1. The standard InChI is InChI=1S/C11H8N2O2/c1-15-13-10(6-7-12)8-4-2-3-5-9(8)11(13)14/h2-6H,1H3/b10-6+. The van der Waals surface area contributed by atoms with E-state index in [0.29, 0.717) is 11.3 Å². The van der Waals surface area contributed by atoms with Gasteiger partial charge in [0.1, 0.15) is 0 Å². The molecule has 1 amide bonds. The van der Waals surface area contributed by atoms with Gasteiger partial charge in [-0.05, 0) is 6.07 Å². The third-order valence-corrected chi connectivity index (χ3v) is 2.22. The van der Waals surface area contributed by atoms with Gasteiger partial charge in [0.25, 0.3) is 5.91 Å². The molecule has 1 aliphatic rings. The molecule has 74 valence electrons. The molecule has 0 spiro atoms. The lowest BCUT2D eigenvalue weighted by atomic mass is 10.1. The minimum atomic E-state index is -0.241. The maximum Gasteiger partial charge on any atom is 0.282 e. The summed E-state index contributed by atoms with van der Waals surface area (Å²) < 4.78 is 0. The van der Waals surface area contributed by atoms with Crippen LogP contribution in [-0.2, 0) is 4.84 Å². The highest BCUT2D eigenvalue weighted by molar-refractivity contribution is 6.08. The minimum absolute atomic E-state index is 0.241. The molecule has 0 saturated carbocycles. The summed E-state index contributed by atoms with van der Waals surface area (Å²) >= 11 is 0. The van der Waals surface area contributed by atoms with Crippen LogP contribution in [0.2, 0.25) is 0 Å². The number of benzene rings is 1. The third kappa shape index (κ3) is 1.30. The number of rotatable bonds is 1. The van der Waals surface area contributed by atoms with Crippen LogP contribution in [0.3, 0.4) is 0 Å². The smallest absolute Gasteiger partial charge is 0.269 e. The van der Waals surface area contributed by atoms with Crippen molar-refractivity contribution in [3.63, 3.8) is 0 Å². The second-order valence-corrected chi connectivity index (χ2v) is 2.99. The molecule has 4 nitrogen and oxygen atoms in total. The van der Waals surface area contributed by atoms with E-state index in [9.17, 15) is 4.79 Å². The van der Waals surface area contributed by atoms with Crippen LogP contribution < -0.4 is 0 Å². The monoisotopic (exact) mass is 200 g/mol. The summed E-state index contributed by atoms with van der Waals surface area (Å²) in [6.45, 7) is 0. The summed E-state index contributed by atoms with van der Waals surface area (Å²) in [5.74, 6) is -0.241. The Morgan fingerprint density at radius 1 is 1.40 bits per heavy atom. The molecule has 1 aromatic rings. The molecule has 0 aliphatic carbocycles. The molecule has 1 aromatic carbocycles. The van der Waals surface area contributed by atoms with Crippen molar-refractivity contribution in [3.8, 4) is 6.07 Å². The van der Waals surface area contributed by atoms with Gasteiger partial charge in [-0.1, -0.05) is 18.2 Å². The highest BCUT2D eigenvalue weighted by Crippen LogP contribution is 2.31. The summed E-state index contributed by atoms with van der Waals surface area (Å²) in [6, 6.07) is 8.99. The van der Waals surface area contributed by atoms with Gasteiger partial charge in [0, 0.05) is 11.6 Å². The summed E-state index contributed by atoms with van der Waals surface area (Å²) in [5, 5.41) is 9.75. The van der Waals surface area contributed by atoms with Gasteiger partial charge in [-0.25, -0.2) is 0 Å². The zero-order valence-electron chi connectivity index (χ0n) is 8.10. The molecule has 0 atom stereocenters. The topological polar surface area (TPSA) is 53.3 Å². The van der Waals surface area contributed by atoms with Gasteiger partial charge in [-0.2, -0.15) is 10.3 Å². The van der Waals surface area contributed by atoms with Gasteiger partial charge in [-0.15, -0.1) is 0 Å². The van der Waals surface area contributed by atoms with Crippen molar-refractivity contribution in [2.45, 2.75) is 0 Å². The maximum absolute atomic E-state index is 11.8. The normalized spacial score (nSPS) is 16.7. The molecule has 0 saturated heterocycles. The SMILES string of the molecule is CON1C(=O)c2ccccc2/C1=C\C#N. The minimum Gasteiger partial charge on any atom is -0.269 e. The summed E-state index contributed by atoms with van der Waals surface area (Å²) in [4.78, 5) is 16.7. The Morgan fingerprint density at radius 3 is 2.67 bits per heavy atom. The lowest BCUT2D eigenvalue weighted by Gasteiger charge is -2.12. The predicted octanol–water partition coefficient (Wildman–Crippen LogP) is 1.57. The number of amides is 1. The lowest BCUT2D eigenvalue weighted by Crippen LogP contribution is -2.21. The van der Waals surface area contributed by atoms with Crippen molar-refractivity contribution in [2.24, 2.45) is 0 Å². The molecule has 0 N–H and O–H groups in total. The van der Waals surface area contributed by atoms with E-state index < -0.39 is 0 Å². The first kappa shape index (κ1) is 9.44. The molecular weight excluding hydrogens is 192 g/mol. The van der Waals surface area contributed by atoms with Crippen LogP contribution >= 0.6 is 0 Å². The van der Waals surface area contributed by atoms with Crippen LogP contribution in [0.4, 0.5) is 0 Å². The van der Waals surface area contributed by atoms with Gasteiger partial charge < -0.3 is 0 Å². The fourth-order valence-corrected chi connectivity index (χ4v) is 1.60. The van der Waals surface area contributed by atoms with Crippen LogP contribution in [-0.4, -0.2) is 18.1 Å². The summed E-state index contributed by atoms with van der Waals surface area (Å²) in [7, 11) is 1.40. The van der Waals surface area contributed by atoms with Crippen molar-refractivity contribution in [2.75, 3.05) is 7.11 Å². The van der Waals surface area contributed by atoms with Crippen molar-refractivity contribution < 1.29 is 9.63 Å². The number of nitrogens with zero attached hydrogens (tertiary/aromatic N) is 2. The Labute approximate surface area is 86.9 Å². The second-order valence-electron chi connectivity index (χ2n) is 2.99. The first-order chi connectivity index (χ1) is 7.29. The number of hydrogen-bond donors (Lipinski definition) is 0. The molecule has 0 fully saturated rings. The van der Waals surface area contributed by atoms with Gasteiger partial charge in [0.2, 0.25) is 0 Å². The largest absolute Gasteiger partial charge is 0.282 e. The summed E-state index contributed by atoms with van der Waals surface area (Å²) in [5.41, 5.74) is 1.77. The quantitative estimate of drug-likeness (QED) is 0.646. The predicted molar refractivity (Wildman–Crippen MR) is 53.2 cm³/mol. The molecule has 2 rings (SSSR count). The highest BCUT2D eigenvalue weighted by Gasteiger charge is 2.32. The van der Waals surface area contributed by atoms with Crippen molar-refractivity contribution in [3.05, 3.63) is 41.5 Å². The number of carbonyl (C=O) groups is 1. The fraction of sp³-hybridized carbons (Fsp3) is 0.0909. The molecule has 4 heteroatoms. The first-order valence-corrected chi connectivity index (χ1v) is 4.37. The molecule has 0 aromatic heterocycles. The van der Waals surface area contributed by atoms with E-state index in [2.05, 4.69) is 0 Å². The second kappa shape index (κ2) is 3.56. The van der Waals surface area contributed by atoms with E-state index in [4.69, 9.17) is 10.1 Å². The Morgan fingerprint density at radius 2 is 2.07 bits per heavy atom. The Hall–Kier alpha value is -2.12. The van der Waals surface area contributed by atoms with Crippen molar-refractivity contribution >= 4 is 11.6 Å². The number of carbonyl (C=O) groups excluding carboxylic acids is 1. The number of fused-ring (bicyclic) bond motifs is 1. The van der Waals surface area contributed by atoms with Gasteiger partial charge in [-0.3, -0.25) is 9.63 Å². The lowest BCUT2D eigenvalue weighted by molar-refractivity contribution is -0.0455. The van der Waals surface area contributed by atoms with Crippen molar-refractivity contribution in [1.29, 1.82) is 5.26 Å². The van der Waals surface area contributed by atoms with E-state index in [1.165, 1.54) is 13.2 Å². The van der Waals surface area contributed by atoms with E-state index in [1.807, 2.05) is 12.1 Å². The highest BCUT2D eigenvalue weighted by atomic mass is 16.7. The molecular formula is C11H8N2O2. The Kier molecular flexibility index (Phi) is 2.24. The maximum atomic E-state index is 11.8. The van der Waals surface area contributed by atoms with E-state index in [0.717, 1.165) is 10.6 Å². The van der Waals surface area contributed by atoms with Gasteiger partial charge >= 0.3 is 0 Å². The van der Waals surface area contributed by atoms with Crippen molar-refractivity contribution in [1.82, 2.24) is 5.06 Å². The van der Waals surface area contributed by atoms with E-state index >= 15 is 0 Å². The van der Waals surface area contributed by atoms with E-state index in [1.54, 1.807) is 18.2 Å². The van der Waals surface area contributed by atoms with Crippen LogP contribution in [0.15, 0.2) is 30.3 Å². The fourth-order valence-electron chi connectivity index (χ4n) is 1.60. The molecule has 0 unspecified atom stereocenters. The average Bonchev–Trinajstić information content (AvgIpc) is 2.54.